The molecular formula is C13H13ClF2N2O. The molecule has 0 bridgehead atoms. The van der Waals surface area contributed by atoms with Crippen molar-refractivity contribution in [2.45, 2.75) is 24.5 Å². The lowest BCUT2D eigenvalue weighted by Crippen LogP contribution is -2.47. The molecule has 3 nitrogen and oxygen atoms in total. The summed E-state index contributed by atoms with van der Waals surface area (Å²) in [6, 6.07) is 4.84. The predicted octanol–water partition coefficient (Wildman–Crippen LogP) is 2.68. The van der Waals surface area contributed by atoms with Crippen LogP contribution in [0.25, 0.3) is 0 Å². The fraction of sp³-hybridized carbons (Fsp3) is 0.462. The molecule has 1 fully saturated rings. The van der Waals surface area contributed by atoms with E-state index >= 15 is 0 Å². The van der Waals surface area contributed by atoms with Crippen molar-refractivity contribution in [3.05, 3.63) is 24.0 Å². The van der Waals surface area contributed by atoms with Gasteiger partial charge in [0, 0.05) is 19.1 Å². The van der Waals surface area contributed by atoms with Crippen LogP contribution in [0.2, 0.25) is 0 Å². The molecule has 0 radical (unpaired) electrons. The maximum atomic E-state index is 14.0. The molecule has 1 aromatic rings. The van der Waals surface area contributed by atoms with Crippen LogP contribution in [0, 0.1) is 5.82 Å². The van der Waals surface area contributed by atoms with E-state index in [0.717, 1.165) is 12.8 Å². The third-order valence-corrected chi connectivity index (χ3v) is 3.74. The monoisotopic (exact) mass is 286 g/mol. The number of alkyl halides is 2. The zero-order valence-corrected chi connectivity index (χ0v) is 10.9. The number of benzene rings is 1. The summed E-state index contributed by atoms with van der Waals surface area (Å²) in [5, 5.41) is 0. The summed E-state index contributed by atoms with van der Waals surface area (Å²) in [5.41, 5.74) is -1.29. The Labute approximate surface area is 114 Å². The first-order valence-electron chi connectivity index (χ1n) is 6.24. The lowest BCUT2D eigenvalue weighted by atomic mass is 10.1. The molecule has 1 aliphatic carbocycles. The van der Waals surface area contributed by atoms with Crippen LogP contribution in [0.15, 0.2) is 18.2 Å². The number of carbonyl (C=O) groups is 1. The Hall–Kier alpha value is -1.36. The van der Waals surface area contributed by atoms with Crippen LogP contribution >= 0.6 is 11.6 Å². The number of amides is 1. The lowest BCUT2D eigenvalue weighted by Gasteiger charge is -2.38. The largest absolute Gasteiger partial charge is 0.363 e. The van der Waals surface area contributed by atoms with Gasteiger partial charge in [0.05, 0.1) is 11.4 Å². The van der Waals surface area contributed by atoms with E-state index in [1.807, 2.05) is 4.90 Å². The van der Waals surface area contributed by atoms with Gasteiger partial charge in [-0.1, -0.05) is 17.7 Å². The summed E-state index contributed by atoms with van der Waals surface area (Å²) < 4.78 is 27.1. The molecule has 6 heteroatoms. The predicted molar refractivity (Wildman–Crippen MR) is 69.9 cm³/mol. The number of hydrogen-bond acceptors (Lipinski definition) is 2. The molecule has 3 rings (SSSR count). The number of fused-ring (bicyclic) bond motifs is 1. The molecule has 102 valence electrons. The number of para-hydroxylation sites is 1. The van der Waals surface area contributed by atoms with Crippen molar-refractivity contribution in [3.63, 3.8) is 0 Å². The fourth-order valence-electron chi connectivity index (χ4n) is 2.54. The highest BCUT2D eigenvalue weighted by Gasteiger charge is 2.38. The third kappa shape index (κ3) is 2.16. The Bertz CT molecular complexity index is 519. The maximum absolute atomic E-state index is 14.0. The zero-order valence-electron chi connectivity index (χ0n) is 10.2. The Morgan fingerprint density at radius 3 is 2.74 bits per heavy atom. The molecular weight excluding hydrogens is 274 g/mol. The van der Waals surface area contributed by atoms with E-state index in [0.29, 0.717) is 30.5 Å². The fourth-order valence-corrected chi connectivity index (χ4v) is 2.66. The van der Waals surface area contributed by atoms with Crippen molar-refractivity contribution in [2.24, 2.45) is 0 Å². The van der Waals surface area contributed by atoms with E-state index in [-0.39, 0.29) is 5.82 Å². The minimum atomic E-state index is -2.09. The van der Waals surface area contributed by atoms with Gasteiger partial charge in [-0.15, -0.1) is 0 Å². The van der Waals surface area contributed by atoms with Crippen molar-refractivity contribution in [3.8, 4) is 0 Å². The Kier molecular flexibility index (Phi) is 3.09. The molecule has 0 aromatic heterocycles. The molecule has 1 amide bonds. The Morgan fingerprint density at radius 1 is 1.37 bits per heavy atom. The van der Waals surface area contributed by atoms with Crippen molar-refractivity contribution >= 4 is 28.9 Å². The van der Waals surface area contributed by atoms with Gasteiger partial charge in [0.15, 0.2) is 0 Å². The van der Waals surface area contributed by atoms with Gasteiger partial charge in [0.25, 0.3) is 11.5 Å². The second kappa shape index (κ2) is 4.63. The van der Waals surface area contributed by atoms with Gasteiger partial charge in [0.2, 0.25) is 0 Å². The van der Waals surface area contributed by atoms with Crippen molar-refractivity contribution < 1.29 is 13.6 Å². The number of nitrogens with zero attached hydrogens (tertiary/aromatic N) is 2. The molecule has 1 aromatic carbocycles. The van der Waals surface area contributed by atoms with Crippen molar-refractivity contribution in [1.82, 2.24) is 0 Å². The maximum Gasteiger partial charge on any atom is 0.277 e. The first-order valence-corrected chi connectivity index (χ1v) is 6.68. The summed E-state index contributed by atoms with van der Waals surface area (Å²) in [7, 11) is 0. The average molecular weight is 287 g/mol. The molecule has 1 aliphatic heterocycles. The highest BCUT2D eigenvalue weighted by atomic mass is 35.5. The average Bonchev–Trinajstić information content (AvgIpc) is 3.21. The summed E-state index contributed by atoms with van der Waals surface area (Å²) in [4.78, 5) is 14.9. The van der Waals surface area contributed by atoms with Crippen LogP contribution in [0.1, 0.15) is 12.8 Å². The van der Waals surface area contributed by atoms with Crippen LogP contribution in [-0.4, -0.2) is 30.7 Å². The van der Waals surface area contributed by atoms with Crippen LogP contribution in [0.4, 0.5) is 20.2 Å². The van der Waals surface area contributed by atoms with Gasteiger partial charge in [0.1, 0.15) is 5.82 Å². The zero-order chi connectivity index (χ0) is 13.6. The van der Waals surface area contributed by atoms with Crippen LogP contribution < -0.4 is 9.80 Å². The molecule has 1 saturated carbocycles. The highest BCUT2D eigenvalue weighted by Crippen LogP contribution is 2.41. The molecule has 1 atom stereocenters. The van der Waals surface area contributed by atoms with E-state index in [1.165, 1.54) is 17.0 Å². The van der Waals surface area contributed by atoms with Gasteiger partial charge in [-0.2, -0.15) is 0 Å². The Morgan fingerprint density at radius 2 is 2.11 bits per heavy atom. The SMILES string of the molecule is O=C(C(F)Cl)N1CCN(C2CC2)c2c(F)cccc21. The van der Waals surface area contributed by atoms with E-state index in [4.69, 9.17) is 11.6 Å². The normalized spacial score (nSPS) is 20.2. The smallest absolute Gasteiger partial charge is 0.277 e. The molecule has 2 aliphatic rings. The first kappa shape index (κ1) is 12.7. The lowest BCUT2D eigenvalue weighted by molar-refractivity contribution is -0.120. The topological polar surface area (TPSA) is 23.6 Å². The van der Waals surface area contributed by atoms with Crippen LogP contribution in [0.5, 0.6) is 0 Å². The molecule has 0 spiro atoms. The van der Waals surface area contributed by atoms with Gasteiger partial charge in [-0.3, -0.25) is 4.79 Å². The molecule has 0 N–H and O–H groups in total. The van der Waals surface area contributed by atoms with Crippen LogP contribution in [-0.2, 0) is 4.79 Å². The third-order valence-electron chi connectivity index (χ3n) is 3.55. The number of hydrogen-bond donors (Lipinski definition) is 0. The summed E-state index contributed by atoms with van der Waals surface area (Å²) in [5.74, 6) is -1.21. The van der Waals surface area contributed by atoms with Crippen LogP contribution in [0.3, 0.4) is 0 Å². The first-order chi connectivity index (χ1) is 9.09. The van der Waals surface area contributed by atoms with Gasteiger partial charge >= 0.3 is 0 Å². The van der Waals surface area contributed by atoms with E-state index in [1.54, 1.807) is 6.07 Å². The number of halogens is 3. The van der Waals surface area contributed by atoms with E-state index in [9.17, 15) is 13.6 Å². The van der Waals surface area contributed by atoms with Gasteiger partial charge < -0.3 is 9.80 Å². The Balaban J connectivity index is 2.03. The number of carbonyl (C=O) groups excluding carboxylic acids is 1. The quantitative estimate of drug-likeness (QED) is 0.781. The second-order valence-corrected chi connectivity index (χ2v) is 5.21. The van der Waals surface area contributed by atoms with Gasteiger partial charge in [-0.05, 0) is 25.0 Å². The molecule has 19 heavy (non-hydrogen) atoms. The molecule has 0 saturated heterocycles. The number of rotatable bonds is 2. The van der Waals surface area contributed by atoms with Crippen molar-refractivity contribution in [2.75, 3.05) is 22.9 Å². The second-order valence-electron chi connectivity index (χ2n) is 4.82. The summed E-state index contributed by atoms with van der Waals surface area (Å²) in [6.07, 6.45) is 2.06. The summed E-state index contributed by atoms with van der Waals surface area (Å²) in [6.45, 7) is 0.840. The van der Waals surface area contributed by atoms with Gasteiger partial charge in [-0.25, -0.2) is 8.78 Å². The molecule has 1 heterocycles. The van der Waals surface area contributed by atoms with E-state index < -0.39 is 11.5 Å². The number of anilines is 2. The highest BCUT2D eigenvalue weighted by molar-refractivity contribution is 6.31. The standard InChI is InChI=1S/C13H13ClF2N2O/c14-12(16)13(19)18-7-6-17(8-4-5-8)11-9(15)2-1-3-10(11)18/h1-3,8,12H,4-7H2. The van der Waals surface area contributed by atoms with E-state index in [2.05, 4.69) is 0 Å². The van der Waals surface area contributed by atoms with Crippen molar-refractivity contribution in [1.29, 1.82) is 0 Å². The minimum absolute atomic E-state index is 0.332. The summed E-state index contributed by atoms with van der Waals surface area (Å²) >= 11 is 5.21. The minimum Gasteiger partial charge on any atom is -0.363 e. The molecule has 1 unspecified atom stereocenters.